The summed E-state index contributed by atoms with van der Waals surface area (Å²) < 4.78 is 6.14. The fourth-order valence-corrected chi connectivity index (χ4v) is 3.66. The monoisotopic (exact) mass is 357 g/mol. The molecular weight excluding hydrogens is 336 g/mol. The van der Waals surface area contributed by atoms with Gasteiger partial charge in [0.05, 0.1) is 12.4 Å². The van der Waals surface area contributed by atoms with Crippen LogP contribution in [0.1, 0.15) is 22.9 Å². The van der Waals surface area contributed by atoms with E-state index in [9.17, 15) is 0 Å². The van der Waals surface area contributed by atoms with E-state index < -0.39 is 0 Å². The zero-order valence-electron chi connectivity index (χ0n) is 15.7. The van der Waals surface area contributed by atoms with Gasteiger partial charge in [-0.3, -0.25) is 0 Å². The predicted octanol–water partition coefficient (Wildman–Crippen LogP) is 2.76. The van der Waals surface area contributed by atoms with Gasteiger partial charge in [0.15, 0.2) is 11.5 Å². The minimum Gasteiger partial charge on any atom is -0.218 e. The summed E-state index contributed by atoms with van der Waals surface area (Å²) in [6, 6.07) is 14.7. The number of aromatic nitrogens is 6. The largest absolute Gasteiger partial charge is 0.356 e. The third-order valence-electron chi connectivity index (χ3n) is 5.23. The van der Waals surface area contributed by atoms with Crippen molar-refractivity contribution in [3.63, 3.8) is 0 Å². The van der Waals surface area contributed by atoms with Crippen LogP contribution in [0.25, 0.3) is 22.1 Å². The molecule has 5 rings (SSSR count). The Labute approximate surface area is 156 Å². The van der Waals surface area contributed by atoms with Crippen LogP contribution in [0.15, 0.2) is 48.7 Å². The lowest BCUT2D eigenvalue weighted by atomic mass is 10.2. The van der Waals surface area contributed by atoms with E-state index >= 15 is 0 Å². The summed E-state index contributed by atoms with van der Waals surface area (Å²) in [6.07, 6.45) is 3.63. The van der Waals surface area contributed by atoms with Gasteiger partial charge in [0, 0.05) is 18.5 Å². The second-order valence-electron chi connectivity index (χ2n) is 7.04. The molecule has 0 spiro atoms. The maximum Gasteiger partial charge on any atom is 0.356 e. The van der Waals surface area contributed by atoms with Gasteiger partial charge in [-0.15, -0.1) is 4.52 Å². The number of benzene rings is 1. The predicted molar refractivity (Wildman–Crippen MR) is 104 cm³/mol. The average molecular weight is 357 g/mol. The molecule has 0 N–H and O–H groups in total. The van der Waals surface area contributed by atoms with E-state index in [1.807, 2.05) is 4.52 Å². The van der Waals surface area contributed by atoms with Crippen LogP contribution in [-0.2, 0) is 19.9 Å². The van der Waals surface area contributed by atoms with Gasteiger partial charge in [-0.2, -0.15) is 9.78 Å². The van der Waals surface area contributed by atoms with E-state index in [0.29, 0.717) is 0 Å². The number of hydrogen-bond acceptors (Lipinski definition) is 3. The van der Waals surface area contributed by atoms with Crippen molar-refractivity contribution in [1.82, 2.24) is 24.3 Å². The molecule has 5 aromatic rings. The minimum absolute atomic E-state index is 0.760. The Balaban J connectivity index is 1.52. The molecule has 0 aliphatic carbocycles. The maximum absolute atomic E-state index is 4.91. The normalized spacial score (nSPS) is 11.8. The molecule has 0 atom stereocenters. The van der Waals surface area contributed by atoms with Crippen molar-refractivity contribution in [2.45, 2.75) is 26.7 Å². The lowest BCUT2D eigenvalue weighted by Gasteiger charge is -1.98. The van der Waals surface area contributed by atoms with Crippen molar-refractivity contribution in [3.05, 3.63) is 71.6 Å². The topological polar surface area (TPSA) is 52.1 Å². The standard InChI is InChI=1S/C21H21N6/c1-14-8-9-15(2)27-20(14)22-18(24-27)10-11-19-23-21-17-7-5-4-6-16(17)12-13-26(21)25(19)3/h4-9,12-13H,10-11H2,1-3H3/q+1. The first kappa shape index (κ1) is 15.9. The van der Waals surface area contributed by atoms with Crippen molar-refractivity contribution in [1.29, 1.82) is 0 Å². The summed E-state index contributed by atoms with van der Waals surface area (Å²) in [7, 11) is 2.05. The molecule has 0 fully saturated rings. The quantitative estimate of drug-likeness (QED) is 0.467. The van der Waals surface area contributed by atoms with Crippen molar-refractivity contribution < 1.29 is 4.52 Å². The molecule has 0 amide bonds. The molecule has 0 bridgehead atoms. The van der Waals surface area contributed by atoms with Gasteiger partial charge in [-0.25, -0.2) is 9.50 Å². The van der Waals surface area contributed by atoms with Crippen LogP contribution in [0, 0.1) is 13.8 Å². The summed E-state index contributed by atoms with van der Waals surface area (Å²) in [4.78, 5) is 9.64. The van der Waals surface area contributed by atoms with Crippen LogP contribution < -0.4 is 4.52 Å². The van der Waals surface area contributed by atoms with E-state index in [1.54, 1.807) is 0 Å². The van der Waals surface area contributed by atoms with Crippen molar-refractivity contribution in [3.8, 4) is 0 Å². The van der Waals surface area contributed by atoms with E-state index in [4.69, 9.17) is 9.97 Å². The summed E-state index contributed by atoms with van der Waals surface area (Å²) in [5.41, 5.74) is 4.17. The second-order valence-corrected chi connectivity index (χ2v) is 7.04. The molecule has 0 saturated heterocycles. The molecule has 0 aliphatic heterocycles. The van der Waals surface area contributed by atoms with E-state index in [1.165, 1.54) is 10.8 Å². The number of rotatable bonds is 3. The van der Waals surface area contributed by atoms with Crippen LogP contribution in [0.3, 0.4) is 0 Å². The number of aryl methyl sites for hydroxylation is 5. The van der Waals surface area contributed by atoms with Crippen LogP contribution in [0.2, 0.25) is 0 Å². The van der Waals surface area contributed by atoms with Crippen LogP contribution in [0.4, 0.5) is 0 Å². The molecule has 0 saturated carbocycles. The van der Waals surface area contributed by atoms with E-state index in [0.717, 1.165) is 47.0 Å². The number of pyridine rings is 2. The molecule has 1 aromatic carbocycles. The number of fused-ring (bicyclic) bond motifs is 4. The first-order valence-corrected chi connectivity index (χ1v) is 9.19. The third-order valence-corrected chi connectivity index (χ3v) is 5.23. The Morgan fingerprint density at radius 1 is 0.963 bits per heavy atom. The van der Waals surface area contributed by atoms with Crippen LogP contribution in [-0.4, -0.2) is 24.3 Å². The fourth-order valence-electron chi connectivity index (χ4n) is 3.66. The van der Waals surface area contributed by atoms with Gasteiger partial charge in [-0.1, -0.05) is 24.3 Å². The van der Waals surface area contributed by atoms with Crippen molar-refractivity contribution in [2.75, 3.05) is 0 Å². The summed E-state index contributed by atoms with van der Waals surface area (Å²) in [6.45, 7) is 4.12. The first-order valence-electron chi connectivity index (χ1n) is 9.19. The van der Waals surface area contributed by atoms with Gasteiger partial charge in [-0.05, 0) is 48.0 Å². The number of nitrogens with zero attached hydrogens (tertiary/aromatic N) is 6. The highest BCUT2D eigenvalue weighted by molar-refractivity contribution is 5.91. The molecule has 4 heterocycles. The molecule has 134 valence electrons. The van der Waals surface area contributed by atoms with Gasteiger partial charge in [0.25, 0.3) is 5.82 Å². The van der Waals surface area contributed by atoms with Gasteiger partial charge in [0.2, 0.25) is 0 Å². The Kier molecular flexibility index (Phi) is 3.47. The zero-order chi connectivity index (χ0) is 18.5. The summed E-state index contributed by atoms with van der Waals surface area (Å²) >= 11 is 0. The molecule has 6 heteroatoms. The molecule has 27 heavy (non-hydrogen) atoms. The third kappa shape index (κ3) is 2.48. The lowest BCUT2D eigenvalue weighted by molar-refractivity contribution is -0.607. The minimum atomic E-state index is 0.760. The highest BCUT2D eigenvalue weighted by atomic mass is 15.4. The lowest BCUT2D eigenvalue weighted by Crippen LogP contribution is -2.31. The molecule has 4 aromatic heterocycles. The van der Waals surface area contributed by atoms with Crippen molar-refractivity contribution >= 4 is 22.1 Å². The second kappa shape index (κ2) is 5.87. The van der Waals surface area contributed by atoms with Crippen molar-refractivity contribution in [2.24, 2.45) is 7.05 Å². The number of hydrogen-bond donors (Lipinski definition) is 0. The molecule has 6 nitrogen and oxygen atoms in total. The fraction of sp³-hybridized carbons (Fsp3) is 0.238. The zero-order valence-corrected chi connectivity index (χ0v) is 15.7. The highest BCUT2D eigenvalue weighted by Gasteiger charge is 2.20. The van der Waals surface area contributed by atoms with E-state index in [-0.39, 0.29) is 0 Å². The Morgan fingerprint density at radius 2 is 1.81 bits per heavy atom. The molecule has 0 unspecified atom stereocenters. The maximum atomic E-state index is 4.91. The van der Waals surface area contributed by atoms with Crippen LogP contribution in [0.5, 0.6) is 0 Å². The molecular formula is C21H21N6+. The molecule has 0 aliphatic rings. The van der Waals surface area contributed by atoms with E-state index in [2.05, 4.69) is 83.9 Å². The SMILES string of the molecule is Cc1ccc(C)n2nc(CCc3nc4c5ccccc5cc[n+]4n3C)nc12. The molecule has 0 radical (unpaired) electrons. The summed E-state index contributed by atoms with van der Waals surface area (Å²) in [5, 5.41) is 7.05. The Morgan fingerprint density at radius 3 is 2.67 bits per heavy atom. The Hall–Kier alpha value is -3.28. The smallest absolute Gasteiger partial charge is 0.218 e. The highest BCUT2D eigenvalue weighted by Crippen LogP contribution is 2.16. The first-order chi connectivity index (χ1) is 13.1. The van der Waals surface area contributed by atoms with Gasteiger partial charge < -0.3 is 0 Å². The van der Waals surface area contributed by atoms with Gasteiger partial charge >= 0.3 is 5.65 Å². The average Bonchev–Trinajstić information content (AvgIpc) is 3.26. The van der Waals surface area contributed by atoms with Gasteiger partial charge in [0.1, 0.15) is 6.20 Å². The Bertz CT molecular complexity index is 1270. The van der Waals surface area contributed by atoms with Crippen LogP contribution >= 0.6 is 0 Å². The summed E-state index contributed by atoms with van der Waals surface area (Å²) in [5.74, 6) is 1.88.